The molecule has 0 aliphatic heterocycles. The van der Waals surface area contributed by atoms with Gasteiger partial charge in [-0.15, -0.1) is 0 Å². The van der Waals surface area contributed by atoms with Crippen LogP contribution in [0.15, 0.2) is 53.7 Å². The Kier molecular flexibility index (Phi) is 5.42. The maximum atomic E-state index is 12.2. The number of imidazole rings is 1. The first-order valence-corrected chi connectivity index (χ1v) is 9.45. The van der Waals surface area contributed by atoms with Gasteiger partial charge in [-0.05, 0) is 35.7 Å². The van der Waals surface area contributed by atoms with E-state index in [1.54, 1.807) is 4.57 Å². The normalized spacial score (nSPS) is 11.1. The number of nitrogens with zero attached hydrogens (tertiary/aromatic N) is 2. The molecule has 5 nitrogen and oxygen atoms in total. The van der Waals surface area contributed by atoms with E-state index in [0.29, 0.717) is 11.1 Å². The molecule has 3 aromatic rings. The molecule has 1 amide bonds. The van der Waals surface area contributed by atoms with Crippen LogP contribution in [0.2, 0.25) is 0 Å². The highest BCUT2D eigenvalue weighted by molar-refractivity contribution is 7.99. The van der Waals surface area contributed by atoms with Crippen LogP contribution in [0.5, 0.6) is 0 Å². The number of para-hydroxylation sites is 2. The predicted molar refractivity (Wildman–Crippen MR) is 106 cm³/mol. The number of carbonyl (C=O) groups is 2. The molecule has 0 unspecified atom stereocenters. The summed E-state index contributed by atoms with van der Waals surface area (Å²) in [5.74, 6) is 0.387. The van der Waals surface area contributed by atoms with Crippen LogP contribution in [-0.4, -0.2) is 27.1 Å². The van der Waals surface area contributed by atoms with E-state index in [9.17, 15) is 9.59 Å². The summed E-state index contributed by atoms with van der Waals surface area (Å²) in [6.07, 6.45) is 0. The Labute approximate surface area is 156 Å². The van der Waals surface area contributed by atoms with Gasteiger partial charge in [0.25, 0.3) is 0 Å². The van der Waals surface area contributed by atoms with Crippen molar-refractivity contribution in [2.75, 3.05) is 11.1 Å². The highest BCUT2D eigenvalue weighted by Gasteiger charge is 2.15. The summed E-state index contributed by atoms with van der Waals surface area (Å²) < 4.78 is 1.55. The van der Waals surface area contributed by atoms with Crippen molar-refractivity contribution in [2.45, 2.75) is 31.8 Å². The van der Waals surface area contributed by atoms with Gasteiger partial charge in [0, 0.05) is 12.6 Å². The SMILES string of the molecule is CC(=O)n1c(SCC(=O)Nc2ccc(C(C)C)cc2)nc2ccccc21. The van der Waals surface area contributed by atoms with E-state index < -0.39 is 0 Å². The highest BCUT2D eigenvalue weighted by atomic mass is 32.2. The first kappa shape index (κ1) is 18.2. The number of thioether (sulfide) groups is 1. The van der Waals surface area contributed by atoms with E-state index in [-0.39, 0.29) is 17.6 Å². The molecule has 0 fully saturated rings. The maximum absolute atomic E-state index is 12.2. The molecule has 0 spiro atoms. The van der Waals surface area contributed by atoms with Crippen LogP contribution in [0.25, 0.3) is 11.0 Å². The Bertz CT molecular complexity index is 945. The van der Waals surface area contributed by atoms with Crippen LogP contribution in [-0.2, 0) is 4.79 Å². The van der Waals surface area contributed by atoms with Crippen molar-refractivity contribution < 1.29 is 9.59 Å². The molecule has 0 bridgehead atoms. The third-order valence-corrected chi connectivity index (χ3v) is 4.98. The van der Waals surface area contributed by atoms with Crippen molar-refractivity contribution in [2.24, 2.45) is 0 Å². The number of hydrogen-bond donors (Lipinski definition) is 1. The van der Waals surface area contributed by atoms with Gasteiger partial charge in [0.15, 0.2) is 5.16 Å². The minimum Gasteiger partial charge on any atom is -0.325 e. The smallest absolute Gasteiger partial charge is 0.234 e. The molecule has 0 saturated heterocycles. The maximum Gasteiger partial charge on any atom is 0.234 e. The lowest BCUT2D eigenvalue weighted by Gasteiger charge is -2.08. The minimum atomic E-state index is -0.130. The first-order chi connectivity index (χ1) is 12.5. The molecule has 1 heterocycles. The van der Waals surface area contributed by atoms with Crippen LogP contribution in [0.3, 0.4) is 0 Å². The standard InChI is InChI=1S/C20H21N3O2S/c1-13(2)15-8-10-16(11-9-15)21-19(25)12-26-20-22-17-6-4-5-7-18(17)23(20)14(3)24/h4-11,13H,12H2,1-3H3,(H,21,25). The van der Waals surface area contributed by atoms with Gasteiger partial charge < -0.3 is 5.32 Å². The van der Waals surface area contributed by atoms with E-state index in [1.807, 2.05) is 48.5 Å². The zero-order valence-electron chi connectivity index (χ0n) is 15.0. The molecule has 2 aromatic carbocycles. The molecule has 0 aliphatic rings. The fourth-order valence-corrected chi connectivity index (χ4v) is 3.53. The fraction of sp³-hybridized carbons (Fsp3) is 0.250. The summed E-state index contributed by atoms with van der Waals surface area (Å²) in [6, 6.07) is 15.3. The third kappa shape index (κ3) is 3.96. The molecule has 1 aromatic heterocycles. The Morgan fingerprint density at radius 3 is 2.46 bits per heavy atom. The van der Waals surface area contributed by atoms with Gasteiger partial charge in [-0.1, -0.05) is 49.9 Å². The van der Waals surface area contributed by atoms with E-state index in [2.05, 4.69) is 24.1 Å². The molecule has 134 valence electrons. The minimum absolute atomic E-state index is 0.120. The van der Waals surface area contributed by atoms with Crippen molar-refractivity contribution in [1.82, 2.24) is 9.55 Å². The molecular formula is C20H21N3O2S. The summed E-state index contributed by atoms with van der Waals surface area (Å²) in [5, 5.41) is 3.41. The highest BCUT2D eigenvalue weighted by Crippen LogP contribution is 2.24. The monoisotopic (exact) mass is 367 g/mol. The number of nitrogens with one attached hydrogen (secondary N) is 1. The van der Waals surface area contributed by atoms with E-state index >= 15 is 0 Å². The molecule has 6 heteroatoms. The second-order valence-corrected chi connectivity index (χ2v) is 7.29. The van der Waals surface area contributed by atoms with Gasteiger partial charge in [0.2, 0.25) is 11.8 Å². The number of carbonyl (C=O) groups excluding carboxylic acids is 2. The summed E-state index contributed by atoms with van der Waals surface area (Å²) in [7, 11) is 0. The van der Waals surface area contributed by atoms with Crippen molar-refractivity contribution in [3.63, 3.8) is 0 Å². The molecule has 0 radical (unpaired) electrons. The molecular weight excluding hydrogens is 346 g/mol. The van der Waals surface area contributed by atoms with Crippen LogP contribution in [0.1, 0.15) is 37.0 Å². The summed E-state index contributed by atoms with van der Waals surface area (Å²) in [6.45, 7) is 5.76. The zero-order chi connectivity index (χ0) is 18.7. The van der Waals surface area contributed by atoms with Crippen molar-refractivity contribution >= 4 is 40.3 Å². The topological polar surface area (TPSA) is 64.0 Å². The van der Waals surface area contributed by atoms with Crippen LogP contribution >= 0.6 is 11.8 Å². The Morgan fingerprint density at radius 2 is 1.81 bits per heavy atom. The quantitative estimate of drug-likeness (QED) is 0.672. The van der Waals surface area contributed by atoms with Gasteiger partial charge in [0.1, 0.15) is 0 Å². The third-order valence-electron chi connectivity index (χ3n) is 4.04. The molecule has 0 aliphatic carbocycles. The lowest BCUT2D eigenvalue weighted by Crippen LogP contribution is -2.15. The number of fused-ring (bicyclic) bond motifs is 1. The van der Waals surface area contributed by atoms with E-state index in [0.717, 1.165) is 16.7 Å². The summed E-state index contributed by atoms with van der Waals surface area (Å²) >= 11 is 1.26. The summed E-state index contributed by atoms with van der Waals surface area (Å²) in [5.41, 5.74) is 3.50. The van der Waals surface area contributed by atoms with Crippen molar-refractivity contribution in [3.8, 4) is 0 Å². The second-order valence-electron chi connectivity index (χ2n) is 6.35. The molecule has 1 N–H and O–H groups in total. The average molecular weight is 367 g/mol. The largest absolute Gasteiger partial charge is 0.325 e. The van der Waals surface area contributed by atoms with Crippen molar-refractivity contribution in [1.29, 1.82) is 0 Å². The van der Waals surface area contributed by atoms with Gasteiger partial charge in [-0.25, -0.2) is 4.98 Å². The van der Waals surface area contributed by atoms with Gasteiger partial charge >= 0.3 is 0 Å². The number of rotatable bonds is 5. The lowest BCUT2D eigenvalue weighted by atomic mass is 10.0. The zero-order valence-corrected chi connectivity index (χ0v) is 15.8. The predicted octanol–water partition coefficient (Wildman–Crippen LogP) is 4.55. The average Bonchev–Trinajstić information content (AvgIpc) is 2.99. The van der Waals surface area contributed by atoms with E-state index in [1.165, 1.54) is 24.2 Å². The number of benzene rings is 2. The lowest BCUT2D eigenvalue weighted by molar-refractivity contribution is -0.113. The van der Waals surface area contributed by atoms with Crippen LogP contribution < -0.4 is 5.32 Å². The molecule has 26 heavy (non-hydrogen) atoms. The molecule has 3 rings (SSSR count). The first-order valence-electron chi connectivity index (χ1n) is 8.46. The van der Waals surface area contributed by atoms with Gasteiger partial charge in [-0.2, -0.15) is 0 Å². The Balaban J connectivity index is 1.69. The van der Waals surface area contributed by atoms with Crippen molar-refractivity contribution in [3.05, 3.63) is 54.1 Å². The van der Waals surface area contributed by atoms with Gasteiger partial charge in [-0.3, -0.25) is 14.2 Å². The number of aromatic nitrogens is 2. The van der Waals surface area contributed by atoms with Crippen LogP contribution in [0.4, 0.5) is 5.69 Å². The Morgan fingerprint density at radius 1 is 1.12 bits per heavy atom. The van der Waals surface area contributed by atoms with E-state index in [4.69, 9.17) is 0 Å². The molecule has 0 atom stereocenters. The second kappa shape index (κ2) is 7.74. The molecule has 0 saturated carbocycles. The summed E-state index contributed by atoms with van der Waals surface area (Å²) in [4.78, 5) is 28.7. The number of hydrogen-bond acceptors (Lipinski definition) is 4. The van der Waals surface area contributed by atoms with Crippen LogP contribution in [0, 0.1) is 0 Å². The Hall–Kier alpha value is -2.60. The number of amides is 1. The van der Waals surface area contributed by atoms with Gasteiger partial charge in [0.05, 0.1) is 16.8 Å². The fourth-order valence-electron chi connectivity index (χ4n) is 2.68. The number of anilines is 1.